The van der Waals surface area contributed by atoms with Gasteiger partial charge in [0.05, 0.1) is 0 Å². The first-order valence-corrected chi connectivity index (χ1v) is 8.59. The van der Waals surface area contributed by atoms with E-state index in [4.69, 9.17) is 4.74 Å². The van der Waals surface area contributed by atoms with Gasteiger partial charge in [0.1, 0.15) is 6.61 Å². The second-order valence-corrected chi connectivity index (χ2v) is 5.76. The van der Waals surface area contributed by atoms with Gasteiger partial charge in [0.2, 0.25) is 0 Å². The summed E-state index contributed by atoms with van der Waals surface area (Å²) < 4.78 is 5.18. The molecule has 1 amide bonds. The lowest BCUT2D eigenvalue weighted by atomic mass is 10.0. The summed E-state index contributed by atoms with van der Waals surface area (Å²) >= 11 is 0. The molecule has 0 fully saturated rings. The molecule has 4 nitrogen and oxygen atoms in total. The van der Waals surface area contributed by atoms with Crippen molar-refractivity contribution in [2.45, 2.75) is 64.5 Å². The minimum Gasteiger partial charge on any atom is -0.444 e. The van der Waals surface area contributed by atoms with Crippen LogP contribution in [0.25, 0.3) is 0 Å². The Kier molecular flexibility index (Phi) is 10.6. The number of rotatable bonds is 12. The van der Waals surface area contributed by atoms with Crippen LogP contribution >= 0.6 is 0 Å². The van der Waals surface area contributed by atoms with Gasteiger partial charge in [-0.1, -0.05) is 75.4 Å². The molecule has 1 rings (SSSR count). The highest BCUT2D eigenvalue weighted by molar-refractivity contribution is 5.66. The number of hydrogen-bond acceptors (Lipinski definition) is 3. The molecule has 2 N–H and O–H groups in total. The van der Waals surface area contributed by atoms with Crippen molar-refractivity contribution in [1.29, 1.82) is 0 Å². The van der Waals surface area contributed by atoms with Gasteiger partial charge in [-0.05, 0) is 18.4 Å². The second-order valence-electron chi connectivity index (χ2n) is 5.76. The molecule has 23 heavy (non-hydrogen) atoms. The van der Waals surface area contributed by atoms with Crippen LogP contribution in [0.4, 0.5) is 4.79 Å². The molecule has 1 aromatic carbocycles. The van der Waals surface area contributed by atoms with E-state index in [9.17, 15) is 4.79 Å². The molecule has 0 radical (unpaired) electrons. The Morgan fingerprint density at radius 2 is 1.96 bits per heavy atom. The molecular formula is C19H30N2O2. The summed E-state index contributed by atoms with van der Waals surface area (Å²) in [6.07, 6.45) is 9.50. The molecule has 1 atom stereocenters. The van der Waals surface area contributed by atoms with Crippen LogP contribution in [0, 0.1) is 0 Å². The minimum absolute atomic E-state index is 0.207. The lowest BCUT2D eigenvalue weighted by Crippen LogP contribution is -2.44. The number of hydrogen-bond donors (Lipinski definition) is 2. The zero-order valence-electron chi connectivity index (χ0n) is 14.2. The zero-order chi connectivity index (χ0) is 16.8. The number of hydrazine groups is 1. The molecule has 0 bridgehead atoms. The molecule has 128 valence electrons. The highest BCUT2D eigenvalue weighted by Crippen LogP contribution is 2.09. The summed E-state index contributed by atoms with van der Waals surface area (Å²) in [4.78, 5) is 11.7. The van der Waals surface area contributed by atoms with Gasteiger partial charge in [0, 0.05) is 6.04 Å². The maximum absolute atomic E-state index is 11.7. The van der Waals surface area contributed by atoms with Gasteiger partial charge in [-0.25, -0.2) is 10.2 Å². The summed E-state index contributed by atoms with van der Waals surface area (Å²) in [6.45, 7) is 6.27. The summed E-state index contributed by atoms with van der Waals surface area (Å²) in [5.74, 6) is 0. The van der Waals surface area contributed by atoms with Gasteiger partial charge in [-0.3, -0.25) is 5.43 Å². The van der Waals surface area contributed by atoms with E-state index in [0.29, 0.717) is 0 Å². The van der Waals surface area contributed by atoms with Crippen LogP contribution in [0.15, 0.2) is 43.0 Å². The van der Waals surface area contributed by atoms with E-state index in [0.717, 1.165) is 24.8 Å². The van der Waals surface area contributed by atoms with Gasteiger partial charge in [0.15, 0.2) is 0 Å². The van der Waals surface area contributed by atoms with Crippen LogP contribution in [0.3, 0.4) is 0 Å². The monoisotopic (exact) mass is 318 g/mol. The van der Waals surface area contributed by atoms with E-state index in [-0.39, 0.29) is 12.6 Å². The van der Waals surface area contributed by atoms with Crippen molar-refractivity contribution in [2.75, 3.05) is 0 Å². The molecule has 0 unspecified atom stereocenters. The number of ether oxygens (including phenoxy) is 1. The van der Waals surface area contributed by atoms with Crippen molar-refractivity contribution in [3.63, 3.8) is 0 Å². The average Bonchev–Trinajstić information content (AvgIpc) is 2.58. The molecule has 0 saturated carbocycles. The van der Waals surface area contributed by atoms with Crippen LogP contribution in [0.5, 0.6) is 0 Å². The molecular weight excluding hydrogens is 288 g/mol. The van der Waals surface area contributed by atoms with Gasteiger partial charge >= 0.3 is 6.09 Å². The van der Waals surface area contributed by atoms with Gasteiger partial charge in [0.25, 0.3) is 0 Å². The van der Waals surface area contributed by atoms with Crippen molar-refractivity contribution in [1.82, 2.24) is 10.9 Å². The van der Waals surface area contributed by atoms with Crippen molar-refractivity contribution < 1.29 is 9.53 Å². The first-order chi connectivity index (χ1) is 11.3. The number of amides is 1. The van der Waals surface area contributed by atoms with Crippen LogP contribution in [-0.4, -0.2) is 12.1 Å². The topological polar surface area (TPSA) is 50.4 Å². The maximum Gasteiger partial charge on any atom is 0.421 e. The van der Waals surface area contributed by atoms with Gasteiger partial charge in [-0.2, -0.15) is 0 Å². The molecule has 0 aliphatic carbocycles. The van der Waals surface area contributed by atoms with Gasteiger partial charge in [-0.15, -0.1) is 6.58 Å². The quantitative estimate of drug-likeness (QED) is 0.333. The summed E-state index contributed by atoms with van der Waals surface area (Å²) in [7, 11) is 0. The number of carbonyl (C=O) groups is 1. The summed E-state index contributed by atoms with van der Waals surface area (Å²) in [6, 6.07) is 9.85. The Balaban J connectivity index is 2.19. The van der Waals surface area contributed by atoms with Crippen molar-refractivity contribution in [2.24, 2.45) is 0 Å². The van der Waals surface area contributed by atoms with E-state index in [1.54, 1.807) is 0 Å². The van der Waals surface area contributed by atoms with E-state index in [1.165, 1.54) is 25.7 Å². The minimum atomic E-state index is -0.450. The first kappa shape index (κ1) is 19.2. The van der Waals surface area contributed by atoms with Crippen LogP contribution < -0.4 is 10.9 Å². The largest absolute Gasteiger partial charge is 0.444 e. The van der Waals surface area contributed by atoms with Crippen molar-refractivity contribution in [3.05, 3.63) is 48.6 Å². The molecule has 1 aromatic rings. The third-order valence-corrected chi connectivity index (χ3v) is 3.70. The van der Waals surface area contributed by atoms with Crippen molar-refractivity contribution in [3.8, 4) is 0 Å². The lowest BCUT2D eigenvalue weighted by molar-refractivity contribution is 0.132. The standard InChI is InChI=1S/C19H30N2O2/c1-3-5-6-7-11-15-18(12-4-2)20-21-19(22)23-16-17-13-9-8-10-14-17/h4,8-10,13-14,18,20H,2-3,5-7,11-12,15-16H2,1H3,(H,21,22)/t18-/m1/s1. The molecule has 0 spiro atoms. The lowest BCUT2D eigenvalue weighted by Gasteiger charge is -2.17. The zero-order valence-corrected chi connectivity index (χ0v) is 14.2. The number of unbranched alkanes of at least 4 members (excludes halogenated alkanes) is 4. The van der Waals surface area contributed by atoms with E-state index in [2.05, 4.69) is 24.4 Å². The van der Waals surface area contributed by atoms with Gasteiger partial charge < -0.3 is 4.74 Å². The SMILES string of the molecule is C=CC[C@H](CCCCCCC)NNC(=O)OCc1ccccc1. The highest BCUT2D eigenvalue weighted by atomic mass is 16.6. The molecule has 0 heterocycles. The molecule has 0 aliphatic rings. The Bertz CT molecular complexity index is 434. The summed E-state index contributed by atoms with van der Waals surface area (Å²) in [5, 5.41) is 0. The second kappa shape index (κ2) is 12.7. The number of nitrogens with one attached hydrogen (secondary N) is 2. The third kappa shape index (κ3) is 9.74. The van der Waals surface area contributed by atoms with Crippen molar-refractivity contribution >= 4 is 6.09 Å². The van der Waals surface area contributed by atoms with Crippen LogP contribution in [-0.2, 0) is 11.3 Å². The average molecular weight is 318 g/mol. The number of benzene rings is 1. The molecule has 0 aromatic heterocycles. The fourth-order valence-corrected chi connectivity index (χ4v) is 2.36. The van der Waals surface area contributed by atoms with E-state index in [1.807, 2.05) is 36.4 Å². The summed E-state index contributed by atoms with van der Waals surface area (Å²) in [5.41, 5.74) is 6.66. The normalized spacial score (nSPS) is 11.7. The third-order valence-electron chi connectivity index (χ3n) is 3.70. The Hall–Kier alpha value is -1.81. The Morgan fingerprint density at radius 1 is 1.22 bits per heavy atom. The Morgan fingerprint density at radius 3 is 2.65 bits per heavy atom. The molecule has 0 saturated heterocycles. The van der Waals surface area contributed by atoms with Crippen LogP contribution in [0.1, 0.15) is 57.4 Å². The predicted octanol–water partition coefficient (Wildman–Crippen LogP) is 4.72. The smallest absolute Gasteiger partial charge is 0.421 e. The maximum atomic E-state index is 11.7. The molecule has 4 heteroatoms. The predicted molar refractivity (Wildman–Crippen MR) is 94.9 cm³/mol. The van der Waals surface area contributed by atoms with E-state index < -0.39 is 6.09 Å². The number of carbonyl (C=O) groups excluding carboxylic acids is 1. The van der Waals surface area contributed by atoms with Crippen LogP contribution in [0.2, 0.25) is 0 Å². The fourth-order valence-electron chi connectivity index (χ4n) is 2.36. The fraction of sp³-hybridized carbons (Fsp3) is 0.526. The molecule has 0 aliphatic heterocycles. The van der Waals surface area contributed by atoms with E-state index >= 15 is 0 Å². The highest BCUT2D eigenvalue weighted by Gasteiger charge is 2.09. The first-order valence-electron chi connectivity index (χ1n) is 8.59. The Labute approximate surface area is 140 Å².